The van der Waals surface area contributed by atoms with Crippen LogP contribution in [0.3, 0.4) is 0 Å². The van der Waals surface area contributed by atoms with Crippen molar-refractivity contribution < 1.29 is 14.3 Å². The van der Waals surface area contributed by atoms with Crippen molar-refractivity contribution in [1.82, 2.24) is 4.98 Å². The van der Waals surface area contributed by atoms with E-state index >= 15 is 0 Å². The lowest BCUT2D eigenvalue weighted by Crippen LogP contribution is -2.25. The topological polar surface area (TPSA) is 64.0 Å². The maximum atomic E-state index is 13.4. The zero-order valence-electron chi connectivity index (χ0n) is 17.4. The summed E-state index contributed by atoms with van der Waals surface area (Å²) in [4.78, 5) is 18.0. The Hall–Kier alpha value is -3.71. The number of rotatable bonds is 6. The fourth-order valence-corrected chi connectivity index (χ4v) is 3.90. The van der Waals surface area contributed by atoms with Gasteiger partial charge in [-0.25, -0.2) is 4.98 Å². The lowest BCUT2D eigenvalue weighted by atomic mass is 10.2. The molecule has 0 spiro atoms. The van der Waals surface area contributed by atoms with E-state index in [1.54, 1.807) is 44.7 Å². The highest BCUT2D eigenvalue weighted by Crippen LogP contribution is 2.32. The number of nitrogens with zero attached hydrogens (tertiary/aromatic N) is 3. The fourth-order valence-electron chi connectivity index (χ4n) is 2.95. The molecule has 0 aliphatic heterocycles. The molecule has 1 aromatic heterocycles. The van der Waals surface area contributed by atoms with Crippen molar-refractivity contribution in [3.63, 3.8) is 0 Å². The van der Waals surface area contributed by atoms with Gasteiger partial charge in [-0.2, -0.15) is 10.1 Å². The van der Waals surface area contributed by atoms with Crippen LogP contribution in [0, 0.1) is 6.92 Å². The Morgan fingerprint density at radius 3 is 2.48 bits per heavy atom. The van der Waals surface area contributed by atoms with Gasteiger partial charge in [-0.15, -0.1) is 0 Å². The molecule has 0 aliphatic rings. The second kappa shape index (κ2) is 8.97. The Morgan fingerprint density at radius 2 is 1.74 bits per heavy atom. The van der Waals surface area contributed by atoms with Gasteiger partial charge in [0.2, 0.25) is 5.13 Å². The standard InChI is InChI=1S/C24H21N3O3S/c1-16-7-9-17(10-8-16)15-25-27(23(28)18-5-4-6-19(13-18)29-2)24-26-21-12-11-20(30-3)14-22(21)31-24/h4-15H,1-3H3/b25-15+. The molecular weight excluding hydrogens is 410 g/mol. The number of aryl methyl sites for hydroxylation is 1. The Bertz CT molecular complexity index is 1250. The number of benzene rings is 3. The first-order valence-corrected chi connectivity index (χ1v) is 10.4. The molecule has 31 heavy (non-hydrogen) atoms. The Kier molecular flexibility index (Phi) is 5.95. The smallest absolute Gasteiger partial charge is 0.280 e. The summed E-state index contributed by atoms with van der Waals surface area (Å²) in [6.07, 6.45) is 1.66. The summed E-state index contributed by atoms with van der Waals surface area (Å²) in [5, 5.41) is 6.30. The Morgan fingerprint density at radius 1 is 1.00 bits per heavy atom. The molecule has 0 saturated heterocycles. The first-order chi connectivity index (χ1) is 15.1. The Balaban J connectivity index is 1.76. The van der Waals surface area contributed by atoms with Crippen LogP contribution in [0.2, 0.25) is 0 Å². The summed E-state index contributed by atoms with van der Waals surface area (Å²) in [6, 6.07) is 20.5. The molecule has 0 atom stereocenters. The molecule has 156 valence electrons. The number of carbonyl (C=O) groups excluding carboxylic acids is 1. The monoisotopic (exact) mass is 431 g/mol. The summed E-state index contributed by atoms with van der Waals surface area (Å²) in [5.74, 6) is 1.03. The van der Waals surface area contributed by atoms with E-state index in [0.29, 0.717) is 16.4 Å². The molecule has 1 heterocycles. The van der Waals surface area contributed by atoms with E-state index in [2.05, 4.69) is 10.1 Å². The highest BCUT2D eigenvalue weighted by Gasteiger charge is 2.21. The third kappa shape index (κ3) is 4.57. The van der Waals surface area contributed by atoms with Crippen molar-refractivity contribution in [1.29, 1.82) is 0 Å². The van der Waals surface area contributed by atoms with Gasteiger partial charge in [0.1, 0.15) is 11.5 Å². The van der Waals surface area contributed by atoms with Gasteiger partial charge in [0.25, 0.3) is 5.91 Å². The van der Waals surface area contributed by atoms with Crippen molar-refractivity contribution in [2.24, 2.45) is 5.10 Å². The summed E-state index contributed by atoms with van der Waals surface area (Å²) in [5.41, 5.74) is 3.27. The molecule has 4 aromatic rings. The van der Waals surface area contributed by atoms with E-state index in [0.717, 1.165) is 27.1 Å². The first kappa shape index (κ1) is 20.6. The van der Waals surface area contributed by atoms with Crippen LogP contribution in [-0.2, 0) is 0 Å². The van der Waals surface area contributed by atoms with Crippen LogP contribution < -0.4 is 14.5 Å². The molecule has 7 heteroatoms. The maximum absolute atomic E-state index is 13.4. The number of anilines is 1. The summed E-state index contributed by atoms with van der Waals surface area (Å²) in [7, 11) is 3.19. The van der Waals surface area contributed by atoms with Gasteiger partial charge in [0, 0.05) is 5.56 Å². The van der Waals surface area contributed by atoms with Crippen molar-refractivity contribution in [3.05, 3.63) is 83.4 Å². The Labute approximate surface area is 184 Å². The molecule has 0 N–H and O–H groups in total. The van der Waals surface area contributed by atoms with Gasteiger partial charge in [-0.1, -0.05) is 47.2 Å². The van der Waals surface area contributed by atoms with Gasteiger partial charge >= 0.3 is 0 Å². The van der Waals surface area contributed by atoms with E-state index in [1.165, 1.54) is 16.3 Å². The number of hydrogen-bond acceptors (Lipinski definition) is 6. The van der Waals surface area contributed by atoms with Gasteiger partial charge in [-0.3, -0.25) is 4.79 Å². The number of aromatic nitrogens is 1. The van der Waals surface area contributed by atoms with Crippen molar-refractivity contribution in [2.45, 2.75) is 6.92 Å². The lowest BCUT2D eigenvalue weighted by Gasteiger charge is -2.14. The number of methoxy groups -OCH3 is 2. The molecule has 0 saturated carbocycles. The lowest BCUT2D eigenvalue weighted by molar-refractivity contribution is 0.0987. The van der Waals surface area contributed by atoms with Gasteiger partial charge in [0.15, 0.2) is 0 Å². The van der Waals surface area contributed by atoms with E-state index in [4.69, 9.17) is 9.47 Å². The number of carbonyl (C=O) groups is 1. The van der Waals surface area contributed by atoms with Crippen molar-refractivity contribution >= 4 is 38.8 Å². The van der Waals surface area contributed by atoms with Gasteiger partial charge in [0.05, 0.1) is 30.7 Å². The normalized spacial score (nSPS) is 11.1. The summed E-state index contributed by atoms with van der Waals surface area (Å²) < 4.78 is 11.5. The second-order valence-corrected chi connectivity index (χ2v) is 7.84. The van der Waals surface area contributed by atoms with Crippen LogP contribution in [-0.4, -0.2) is 31.3 Å². The third-order valence-electron chi connectivity index (χ3n) is 4.67. The minimum atomic E-state index is -0.298. The number of fused-ring (bicyclic) bond motifs is 1. The molecule has 0 fully saturated rings. The molecular formula is C24H21N3O3S. The predicted octanol–water partition coefficient (Wildman–Crippen LogP) is 5.30. The molecule has 0 unspecified atom stereocenters. The van der Waals surface area contributed by atoms with Crippen LogP contribution in [0.25, 0.3) is 10.2 Å². The van der Waals surface area contributed by atoms with Crippen LogP contribution >= 0.6 is 11.3 Å². The van der Waals surface area contributed by atoms with E-state index in [9.17, 15) is 4.79 Å². The maximum Gasteiger partial charge on any atom is 0.280 e. The zero-order valence-corrected chi connectivity index (χ0v) is 18.2. The quantitative estimate of drug-likeness (QED) is 0.307. The second-order valence-electron chi connectivity index (χ2n) is 6.83. The number of amides is 1. The van der Waals surface area contributed by atoms with E-state index in [1.807, 2.05) is 49.4 Å². The molecule has 6 nitrogen and oxygen atoms in total. The van der Waals surface area contributed by atoms with Gasteiger partial charge < -0.3 is 9.47 Å². The SMILES string of the molecule is COc1cccc(C(=O)N(/N=C/c2ccc(C)cc2)c2nc3ccc(OC)cc3s2)c1. The minimum Gasteiger partial charge on any atom is -0.497 e. The molecule has 0 bridgehead atoms. The molecule has 0 aliphatic carbocycles. The highest BCUT2D eigenvalue weighted by atomic mass is 32.1. The molecule has 0 radical (unpaired) electrons. The van der Waals surface area contributed by atoms with E-state index in [-0.39, 0.29) is 5.91 Å². The first-order valence-electron chi connectivity index (χ1n) is 9.61. The number of hydrazone groups is 1. The highest BCUT2D eigenvalue weighted by molar-refractivity contribution is 7.22. The van der Waals surface area contributed by atoms with Crippen LogP contribution in [0.1, 0.15) is 21.5 Å². The third-order valence-corrected chi connectivity index (χ3v) is 5.67. The minimum absolute atomic E-state index is 0.298. The average molecular weight is 432 g/mol. The average Bonchev–Trinajstić information content (AvgIpc) is 3.23. The summed E-state index contributed by atoms with van der Waals surface area (Å²) >= 11 is 1.37. The number of thiazole rings is 1. The van der Waals surface area contributed by atoms with Crippen molar-refractivity contribution in [2.75, 3.05) is 19.2 Å². The molecule has 1 amide bonds. The predicted molar refractivity (Wildman–Crippen MR) is 125 cm³/mol. The fraction of sp³-hybridized carbons (Fsp3) is 0.125. The number of ether oxygens (including phenoxy) is 2. The summed E-state index contributed by atoms with van der Waals surface area (Å²) in [6.45, 7) is 2.02. The van der Waals surface area contributed by atoms with Crippen LogP contribution in [0.5, 0.6) is 11.5 Å². The largest absolute Gasteiger partial charge is 0.497 e. The zero-order chi connectivity index (χ0) is 21.8. The number of hydrogen-bond donors (Lipinski definition) is 0. The molecule has 4 rings (SSSR count). The van der Waals surface area contributed by atoms with Crippen LogP contribution in [0.4, 0.5) is 5.13 Å². The van der Waals surface area contributed by atoms with Crippen LogP contribution in [0.15, 0.2) is 71.8 Å². The van der Waals surface area contributed by atoms with E-state index < -0.39 is 0 Å². The van der Waals surface area contributed by atoms with Gasteiger partial charge in [-0.05, 0) is 48.9 Å². The molecule has 3 aromatic carbocycles. The van der Waals surface area contributed by atoms with Crippen molar-refractivity contribution in [3.8, 4) is 11.5 Å².